The Kier molecular flexibility index (Phi) is 2.90. The zero-order valence-electron chi connectivity index (χ0n) is 8.80. The minimum atomic E-state index is -0.795. The molecule has 1 aliphatic heterocycles. The van der Waals surface area contributed by atoms with Gasteiger partial charge in [-0.2, -0.15) is 0 Å². The fourth-order valence-corrected chi connectivity index (χ4v) is 1.88. The van der Waals surface area contributed by atoms with E-state index < -0.39 is 5.97 Å². The molecule has 0 aromatic heterocycles. The molecule has 2 rings (SSSR count). The Bertz CT molecular complexity index is 396. The zero-order valence-corrected chi connectivity index (χ0v) is 8.80. The Labute approximate surface area is 93.5 Å². The number of amides is 1. The lowest BCUT2D eigenvalue weighted by atomic mass is 9.95. The fraction of sp³-hybridized carbons (Fsp3) is 0.333. The van der Waals surface area contributed by atoms with E-state index in [0.717, 1.165) is 0 Å². The average molecular weight is 219 g/mol. The van der Waals surface area contributed by atoms with E-state index >= 15 is 0 Å². The molecule has 0 saturated carbocycles. The Hall–Kier alpha value is -1.84. The van der Waals surface area contributed by atoms with Gasteiger partial charge in [-0.15, -0.1) is 0 Å². The number of rotatable bonds is 3. The van der Waals surface area contributed by atoms with Crippen molar-refractivity contribution in [2.75, 3.05) is 13.1 Å². The van der Waals surface area contributed by atoms with Crippen molar-refractivity contribution in [1.82, 2.24) is 4.90 Å². The highest BCUT2D eigenvalue weighted by atomic mass is 16.4. The molecule has 1 aromatic carbocycles. The first-order chi connectivity index (χ1) is 7.66. The Morgan fingerprint density at radius 2 is 1.88 bits per heavy atom. The van der Waals surface area contributed by atoms with Gasteiger partial charge in [0.15, 0.2) is 0 Å². The van der Waals surface area contributed by atoms with E-state index in [-0.39, 0.29) is 18.2 Å². The van der Waals surface area contributed by atoms with E-state index in [1.165, 1.54) is 0 Å². The Balaban J connectivity index is 1.88. The summed E-state index contributed by atoms with van der Waals surface area (Å²) in [5, 5.41) is 8.59. The number of carboxylic acid groups (broad SMARTS) is 1. The Morgan fingerprint density at radius 1 is 1.25 bits per heavy atom. The highest BCUT2D eigenvalue weighted by Crippen LogP contribution is 2.21. The third-order valence-corrected chi connectivity index (χ3v) is 2.73. The summed E-state index contributed by atoms with van der Waals surface area (Å²) >= 11 is 0. The average Bonchev–Trinajstić information content (AvgIpc) is 2.23. The minimum absolute atomic E-state index is 0.0118. The van der Waals surface area contributed by atoms with Crippen LogP contribution in [0.1, 0.15) is 16.8 Å². The number of carbonyl (C=O) groups is 2. The van der Waals surface area contributed by atoms with Crippen molar-refractivity contribution in [1.29, 1.82) is 0 Å². The largest absolute Gasteiger partial charge is 0.481 e. The van der Waals surface area contributed by atoms with Crippen LogP contribution in [0, 0.1) is 5.92 Å². The molecule has 0 spiro atoms. The van der Waals surface area contributed by atoms with E-state index in [1.54, 1.807) is 17.0 Å². The van der Waals surface area contributed by atoms with Gasteiger partial charge in [0.25, 0.3) is 5.91 Å². The van der Waals surface area contributed by atoms with Crippen LogP contribution in [0.3, 0.4) is 0 Å². The summed E-state index contributed by atoms with van der Waals surface area (Å²) in [6.07, 6.45) is 0.151. The molecule has 0 radical (unpaired) electrons. The van der Waals surface area contributed by atoms with Gasteiger partial charge in [-0.1, -0.05) is 18.2 Å². The van der Waals surface area contributed by atoms with Gasteiger partial charge < -0.3 is 10.0 Å². The smallest absolute Gasteiger partial charge is 0.303 e. The molecule has 1 aliphatic rings. The summed E-state index contributed by atoms with van der Waals surface area (Å²) in [4.78, 5) is 24.0. The lowest BCUT2D eigenvalue weighted by Gasteiger charge is -2.38. The lowest BCUT2D eigenvalue weighted by Crippen LogP contribution is -2.50. The molecule has 4 nitrogen and oxygen atoms in total. The number of carboxylic acids is 1. The molecule has 16 heavy (non-hydrogen) atoms. The number of benzene rings is 1. The number of likely N-dealkylation sites (tertiary alicyclic amines) is 1. The van der Waals surface area contributed by atoms with Crippen molar-refractivity contribution in [2.24, 2.45) is 5.92 Å². The third kappa shape index (κ3) is 2.21. The van der Waals surface area contributed by atoms with E-state index in [0.29, 0.717) is 18.7 Å². The van der Waals surface area contributed by atoms with Gasteiger partial charge in [-0.25, -0.2) is 0 Å². The van der Waals surface area contributed by atoms with Gasteiger partial charge in [0.05, 0.1) is 6.42 Å². The standard InChI is InChI=1S/C12H13NO3/c14-11(15)6-9-7-13(8-9)12(16)10-4-2-1-3-5-10/h1-5,9H,6-8H2,(H,14,15). The molecule has 0 unspecified atom stereocenters. The molecule has 1 heterocycles. The molecule has 1 amide bonds. The van der Waals surface area contributed by atoms with Gasteiger partial charge in [-0.3, -0.25) is 9.59 Å². The maximum Gasteiger partial charge on any atom is 0.303 e. The first-order valence-electron chi connectivity index (χ1n) is 5.23. The molecule has 1 fully saturated rings. The number of aliphatic carboxylic acids is 1. The van der Waals surface area contributed by atoms with Crippen molar-refractivity contribution in [2.45, 2.75) is 6.42 Å². The van der Waals surface area contributed by atoms with Crippen LogP contribution in [0.4, 0.5) is 0 Å². The summed E-state index contributed by atoms with van der Waals surface area (Å²) in [5.41, 5.74) is 0.663. The van der Waals surface area contributed by atoms with Gasteiger partial charge in [0.2, 0.25) is 0 Å². The fourth-order valence-electron chi connectivity index (χ4n) is 1.88. The molecular weight excluding hydrogens is 206 g/mol. The number of hydrogen-bond acceptors (Lipinski definition) is 2. The molecule has 1 N–H and O–H groups in total. The minimum Gasteiger partial charge on any atom is -0.481 e. The second kappa shape index (κ2) is 4.35. The van der Waals surface area contributed by atoms with Crippen LogP contribution in [0.5, 0.6) is 0 Å². The molecule has 0 bridgehead atoms. The van der Waals surface area contributed by atoms with Crippen LogP contribution < -0.4 is 0 Å². The van der Waals surface area contributed by atoms with E-state index in [1.807, 2.05) is 18.2 Å². The summed E-state index contributed by atoms with van der Waals surface area (Å²) in [7, 11) is 0. The highest BCUT2D eigenvalue weighted by Gasteiger charge is 2.32. The third-order valence-electron chi connectivity index (χ3n) is 2.73. The first kappa shape index (κ1) is 10.7. The summed E-state index contributed by atoms with van der Waals surface area (Å²) in [5.74, 6) is -0.691. The second-order valence-corrected chi connectivity index (χ2v) is 4.04. The van der Waals surface area contributed by atoms with Crippen molar-refractivity contribution in [3.8, 4) is 0 Å². The quantitative estimate of drug-likeness (QED) is 0.831. The van der Waals surface area contributed by atoms with Crippen molar-refractivity contribution in [3.05, 3.63) is 35.9 Å². The van der Waals surface area contributed by atoms with Gasteiger partial charge >= 0.3 is 5.97 Å². The maximum atomic E-state index is 11.8. The molecule has 84 valence electrons. The van der Waals surface area contributed by atoms with Gasteiger partial charge in [-0.05, 0) is 12.1 Å². The Morgan fingerprint density at radius 3 is 2.44 bits per heavy atom. The van der Waals surface area contributed by atoms with Crippen LogP contribution in [0.15, 0.2) is 30.3 Å². The van der Waals surface area contributed by atoms with Crippen LogP contribution in [-0.2, 0) is 4.79 Å². The first-order valence-corrected chi connectivity index (χ1v) is 5.23. The predicted octanol–water partition coefficient (Wildman–Crippen LogP) is 1.23. The van der Waals surface area contributed by atoms with Crippen molar-refractivity contribution in [3.63, 3.8) is 0 Å². The highest BCUT2D eigenvalue weighted by molar-refractivity contribution is 5.94. The monoisotopic (exact) mass is 219 g/mol. The molecule has 0 aliphatic carbocycles. The van der Waals surface area contributed by atoms with Gasteiger partial charge in [0, 0.05) is 24.6 Å². The lowest BCUT2D eigenvalue weighted by molar-refractivity contribution is -0.139. The van der Waals surface area contributed by atoms with Crippen LogP contribution in [-0.4, -0.2) is 35.0 Å². The SMILES string of the molecule is O=C(O)CC1CN(C(=O)c2ccccc2)C1. The van der Waals surface area contributed by atoms with E-state index in [2.05, 4.69) is 0 Å². The molecular formula is C12H13NO3. The number of carbonyl (C=O) groups excluding carboxylic acids is 1. The zero-order chi connectivity index (χ0) is 11.5. The summed E-state index contributed by atoms with van der Waals surface area (Å²) in [6, 6.07) is 9.04. The van der Waals surface area contributed by atoms with Crippen molar-refractivity contribution >= 4 is 11.9 Å². The van der Waals surface area contributed by atoms with Gasteiger partial charge in [0.1, 0.15) is 0 Å². The van der Waals surface area contributed by atoms with Crippen LogP contribution >= 0.6 is 0 Å². The molecule has 4 heteroatoms. The number of hydrogen-bond donors (Lipinski definition) is 1. The second-order valence-electron chi connectivity index (χ2n) is 4.04. The van der Waals surface area contributed by atoms with E-state index in [9.17, 15) is 9.59 Å². The molecule has 1 saturated heterocycles. The molecule has 1 aromatic rings. The predicted molar refractivity (Wildman–Crippen MR) is 58.1 cm³/mol. The summed E-state index contributed by atoms with van der Waals surface area (Å²) < 4.78 is 0. The van der Waals surface area contributed by atoms with E-state index in [4.69, 9.17) is 5.11 Å². The summed E-state index contributed by atoms with van der Waals surface area (Å²) in [6.45, 7) is 1.11. The topological polar surface area (TPSA) is 57.6 Å². The number of nitrogens with zero attached hydrogens (tertiary/aromatic N) is 1. The van der Waals surface area contributed by atoms with Crippen molar-refractivity contribution < 1.29 is 14.7 Å². The van der Waals surface area contributed by atoms with Crippen LogP contribution in [0.25, 0.3) is 0 Å². The molecule has 0 atom stereocenters. The van der Waals surface area contributed by atoms with Crippen LogP contribution in [0.2, 0.25) is 0 Å². The maximum absolute atomic E-state index is 11.8. The normalized spacial score (nSPS) is 15.6.